The van der Waals surface area contributed by atoms with E-state index in [-0.39, 0.29) is 37.2 Å². The van der Waals surface area contributed by atoms with Crippen LogP contribution in [0, 0.1) is 0 Å². The summed E-state index contributed by atoms with van der Waals surface area (Å²) in [5.74, 6) is 0. The number of hydrogen-bond donors (Lipinski definition) is 0. The summed E-state index contributed by atoms with van der Waals surface area (Å²) >= 11 is 2.46. The monoisotopic (exact) mass is 1010 g/mol. The van der Waals surface area contributed by atoms with Gasteiger partial charge < -0.3 is 37.2 Å². The number of unbranched alkanes of at least 4 members (excludes halogenated alkanes) is 18. The molecule has 0 atom stereocenters. The molecule has 3 aromatic rings. The van der Waals surface area contributed by atoms with Crippen LogP contribution in [0.4, 0.5) is 0 Å². The van der Waals surface area contributed by atoms with E-state index in [4.69, 9.17) is 0 Å². The Labute approximate surface area is 440 Å². The zero-order valence-electron chi connectivity index (χ0n) is 43.8. The van der Waals surface area contributed by atoms with Crippen LogP contribution in [0.2, 0.25) is 0 Å². The van der Waals surface area contributed by atoms with Gasteiger partial charge in [-0.15, -0.1) is 0 Å². The Morgan fingerprint density at radius 2 is 0.561 bits per heavy atom. The molecule has 5 heteroatoms. The maximum absolute atomic E-state index is 2.81. The van der Waals surface area contributed by atoms with Crippen molar-refractivity contribution in [1.82, 2.24) is 0 Å². The SMILES string of the molecule is CCCCCCc1cc(CCCCCC)cc([Si](C2=C(C)C(C)=[C]([Ti+3])C2)(c2cc(CCCCCC)cc(CCCCCC)c2)c2cc(CCCCCC)cc(CCCCCC)c2)c1.[Cl-].[Cl-].[Cl-]. The van der Waals surface area contributed by atoms with E-state index in [9.17, 15) is 0 Å². The van der Waals surface area contributed by atoms with Crippen LogP contribution in [0.5, 0.6) is 0 Å². The first-order chi connectivity index (χ1) is 30.7. The fourth-order valence-corrected chi connectivity index (χ4v) is 17.2. The normalized spacial score (nSPS) is 12.7. The molecule has 0 bridgehead atoms. The summed E-state index contributed by atoms with van der Waals surface area (Å²) in [4.78, 5) is 0. The van der Waals surface area contributed by atoms with Crippen LogP contribution in [-0.2, 0) is 59.0 Å². The Bertz CT molecular complexity index is 1580. The molecule has 0 aliphatic heterocycles. The molecule has 1 aliphatic carbocycles. The van der Waals surface area contributed by atoms with Crippen molar-refractivity contribution < 1.29 is 57.7 Å². The Morgan fingerprint density at radius 3 is 0.742 bits per heavy atom. The second-order valence-electron chi connectivity index (χ2n) is 20.1. The predicted octanol–water partition coefficient (Wildman–Crippen LogP) is 7.99. The molecule has 0 aromatic heterocycles. The second-order valence-corrected chi connectivity index (χ2v) is 24.9. The summed E-state index contributed by atoms with van der Waals surface area (Å²) in [6, 6.07) is 24.8. The molecule has 1 aliphatic rings. The third-order valence-corrected chi connectivity index (χ3v) is 20.4. The number of aryl methyl sites for hydroxylation is 6. The van der Waals surface area contributed by atoms with E-state index in [0.717, 1.165) is 6.42 Å². The van der Waals surface area contributed by atoms with Gasteiger partial charge in [-0.05, 0) is 0 Å². The predicted molar refractivity (Wildman–Crippen MR) is 281 cm³/mol. The van der Waals surface area contributed by atoms with Gasteiger partial charge in [0.1, 0.15) is 0 Å². The topological polar surface area (TPSA) is 0 Å². The molecule has 0 amide bonds. The Balaban J connectivity index is 0.00000726. The number of rotatable bonds is 34. The fraction of sp³-hybridized carbons (Fsp3) is 0.639. The van der Waals surface area contributed by atoms with Gasteiger partial charge in [0.05, 0.1) is 0 Å². The van der Waals surface area contributed by atoms with Crippen molar-refractivity contribution in [2.24, 2.45) is 0 Å². The van der Waals surface area contributed by atoms with Gasteiger partial charge in [-0.25, -0.2) is 0 Å². The van der Waals surface area contributed by atoms with Crippen LogP contribution in [0.25, 0.3) is 0 Å². The fourth-order valence-electron chi connectivity index (χ4n) is 10.7. The molecule has 4 rings (SSSR count). The standard InChI is InChI=1S/C61H95Si.3ClH.Ti/c1-9-15-21-27-33-52-41-53(34-28-22-16-10-2)45-58(44-52)62(61-40-39-50(7)51(61)8,59-46-54(35-29-23-17-11-3)42-55(47-59)36-30-24-18-12-4)60-48-56(37-31-25-19-13-5)43-57(49-60)38-32-26-20-14-6;;;;/h41-49H,9-38,40H2,1-8H3;3*1H;/q;;;;+3/p-3. The molecule has 0 fully saturated rings. The minimum atomic E-state index is -2.81. The number of allylic oxidation sites excluding steroid dienone is 4. The van der Waals surface area contributed by atoms with Gasteiger partial charge in [0, 0.05) is 0 Å². The Morgan fingerprint density at radius 1 is 0.333 bits per heavy atom. The van der Waals surface area contributed by atoms with E-state index >= 15 is 0 Å². The van der Waals surface area contributed by atoms with Crippen molar-refractivity contribution in [2.45, 2.75) is 254 Å². The largest absolute Gasteiger partial charge is 1.00 e. The molecule has 66 heavy (non-hydrogen) atoms. The van der Waals surface area contributed by atoms with Gasteiger partial charge in [-0.2, -0.15) is 0 Å². The molecule has 0 saturated carbocycles. The zero-order valence-corrected chi connectivity index (χ0v) is 48.6. The van der Waals surface area contributed by atoms with Crippen LogP contribution in [-0.4, -0.2) is 8.07 Å². The number of hydrogen-bond acceptors (Lipinski definition) is 0. The third kappa shape index (κ3) is 19.6. The van der Waals surface area contributed by atoms with Crippen molar-refractivity contribution in [3.8, 4) is 0 Å². The summed E-state index contributed by atoms with van der Waals surface area (Å²) in [5, 5.41) is 6.87. The molecular weight excluding hydrogens is 915 g/mol. The van der Waals surface area contributed by atoms with E-state index in [0.29, 0.717) is 0 Å². The van der Waals surface area contributed by atoms with Gasteiger partial charge in [-0.3, -0.25) is 0 Å². The maximum atomic E-state index is 2.81. The van der Waals surface area contributed by atoms with Crippen LogP contribution >= 0.6 is 0 Å². The summed E-state index contributed by atoms with van der Waals surface area (Å²) < 4.78 is 1.60. The quantitative estimate of drug-likeness (QED) is 0.0324. The molecule has 0 spiro atoms. The number of benzene rings is 3. The second kappa shape index (κ2) is 36.0. The molecular formula is C61H95Cl3SiTi. The third-order valence-electron chi connectivity index (χ3n) is 14.6. The van der Waals surface area contributed by atoms with Crippen molar-refractivity contribution in [2.75, 3.05) is 0 Å². The van der Waals surface area contributed by atoms with Gasteiger partial charge >= 0.3 is 365 Å². The average molecular weight is 1010 g/mol. The molecule has 0 heterocycles. The summed E-state index contributed by atoms with van der Waals surface area (Å²) in [6.07, 6.45) is 40.0. The number of halogens is 3. The van der Waals surface area contributed by atoms with E-state index in [1.54, 1.807) is 69.2 Å². The van der Waals surface area contributed by atoms with Crippen LogP contribution in [0.1, 0.15) is 249 Å². The van der Waals surface area contributed by atoms with E-state index in [1.807, 2.05) is 0 Å². The van der Waals surface area contributed by atoms with E-state index in [1.165, 1.54) is 193 Å². The minimum Gasteiger partial charge on any atom is -1.00 e. The zero-order chi connectivity index (χ0) is 45.3. The average Bonchev–Trinajstić information content (AvgIpc) is 3.54. The summed E-state index contributed by atoms with van der Waals surface area (Å²) in [5.41, 5.74) is 12.8. The van der Waals surface area contributed by atoms with E-state index < -0.39 is 8.07 Å². The van der Waals surface area contributed by atoms with Gasteiger partial charge in [0.2, 0.25) is 0 Å². The van der Waals surface area contributed by atoms with Gasteiger partial charge in [0.25, 0.3) is 0 Å². The maximum Gasteiger partial charge on any atom is -1.00 e. The van der Waals surface area contributed by atoms with Crippen molar-refractivity contribution >= 4 is 23.6 Å². The van der Waals surface area contributed by atoms with Crippen molar-refractivity contribution in [3.63, 3.8) is 0 Å². The van der Waals surface area contributed by atoms with Crippen molar-refractivity contribution in [1.29, 1.82) is 0 Å². The molecule has 3 aromatic carbocycles. The first-order valence-corrected chi connectivity index (χ1v) is 30.0. The minimum absolute atomic E-state index is 0. The van der Waals surface area contributed by atoms with Crippen LogP contribution < -0.4 is 52.8 Å². The summed E-state index contributed by atoms with van der Waals surface area (Å²) in [6.45, 7) is 19.1. The van der Waals surface area contributed by atoms with Gasteiger partial charge in [0.15, 0.2) is 0 Å². The molecule has 368 valence electrons. The summed E-state index contributed by atoms with van der Waals surface area (Å²) in [7, 11) is -2.81. The molecule has 0 N–H and O–H groups in total. The van der Waals surface area contributed by atoms with Crippen molar-refractivity contribution in [3.05, 3.63) is 108 Å². The Hall–Kier alpha value is -1.06. The first-order valence-electron chi connectivity index (χ1n) is 27.3. The van der Waals surface area contributed by atoms with E-state index in [2.05, 4.69) is 130 Å². The smallest absolute Gasteiger partial charge is 1.00 e. The first kappa shape index (κ1) is 63.0. The van der Waals surface area contributed by atoms with Crippen LogP contribution in [0.15, 0.2) is 74.8 Å². The van der Waals surface area contributed by atoms with Gasteiger partial charge in [-0.1, -0.05) is 41.5 Å². The Kier molecular flexibility index (Phi) is 34.3. The molecule has 0 radical (unpaired) electrons. The van der Waals surface area contributed by atoms with Crippen LogP contribution in [0.3, 0.4) is 0 Å². The molecule has 0 nitrogen and oxygen atoms in total. The molecule has 0 unspecified atom stereocenters. The molecule has 0 saturated heterocycles.